The average molecular weight is 396 g/mol. The molecule has 4 aliphatic rings. The van der Waals surface area contributed by atoms with E-state index in [2.05, 4.69) is 39.8 Å². The van der Waals surface area contributed by atoms with Crippen molar-refractivity contribution >= 4 is 17.3 Å². The summed E-state index contributed by atoms with van der Waals surface area (Å²) in [5.41, 5.74) is 3.62. The summed E-state index contributed by atoms with van der Waals surface area (Å²) in [6.45, 7) is 8.91. The van der Waals surface area contributed by atoms with Crippen molar-refractivity contribution in [2.45, 2.75) is 64.7 Å². The van der Waals surface area contributed by atoms with Crippen molar-refractivity contribution < 1.29 is 4.79 Å². The van der Waals surface area contributed by atoms with E-state index in [1.54, 1.807) is 0 Å². The van der Waals surface area contributed by atoms with Gasteiger partial charge in [-0.1, -0.05) is 12.8 Å². The Morgan fingerprint density at radius 3 is 2.31 bits per heavy atom. The van der Waals surface area contributed by atoms with Crippen LogP contribution in [0, 0.1) is 18.3 Å². The highest BCUT2D eigenvalue weighted by molar-refractivity contribution is 6.00. The largest absolute Gasteiger partial charge is 0.372 e. The van der Waals surface area contributed by atoms with Crippen molar-refractivity contribution in [1.82, 2.24) is 4.90 Å². The molecule has 0 radical (unpaired) electrons. The monoisotopic (exact) mass is 395 g/mol. The molecular weight excluding hydrogens is 358 g/mol. The standard InChI is InChI=1S/C25H37N3O/c1-20-18-22(27-13-4-5-14-27)8-9-23(20)28-17-12-25(24(28)29)10-15-26(16-11-25)19-21-6-2-3-7-21/h8-9,18,21H,2-7,10-17,19H2,1H3. The number of likely N-dealkylation sites (tertiary alicyclic amines) is 1. The Balaban J connectivity index is 1.24. The van der Waals surface area contributed by atoms with E-state index in [0.29, 0.717) is 5.91 Å². The van der Waals surface area contributed by atoms with Gasteiger partial charge in [-0.15, -0.1) is 0 Å². The number of carbonyl (C=O) groups excluding carboxylic acids is 1. The molecule has 1 aliphatic carbocycles. The van der Waals surface area contributed by atoms with E-state index in [-0.39, 0.29) is 5.41 Å². The lowest BCUT2D eigenvalue weighted by Crippen LogP contribution is -2.45. The maximum absolute atomic E-state index is 13.5. The highest BCUT2D eigenvalue weighted by atomic mass is 16.2. The average Bonchev–Trinajstić information content (AvgIpc) is 3.48. The SMILES string of the molecule is Cc1cc(N2CCCC2)ccc1N1CCC2(CCN(CC3CCCC3)CC2)C1=O. The predicted molar refractivity (Wildman–Crippen MR) is 120 cm³/mol. The number of carbonyl (C=O) groups is 1. The number of nitrogens with zero attached hydrogens (tertiary/aromatic N) is 3. The highest BCUT2D eigenvalue weighted by Gasteiger charge is 2.48. The summed E-state index contributed by atoms with van der Waals surface area (Å²) in [6, 6.07) is 6.73. The molecule has 29 heavy (non-hydrogen) atoms. The van der Waals surface area contributed by atoms with Crippen LogP contribution in [0.15, 0.2) is 18.2 Å². The molecule has 0 atom stereocenters. The van der Waals surface area contributed by atoms with Crippen molar-refractivity contribution in [2.24, 2.45) is 11.3 Å². The second-order valence-electron chi connectivity index (χ2n) is 10.1. The summed E-state index contributed by atoms with van der Waals surface area (Å²) in [7, 11) is 0. The van der Waals surface area contributed by atoms with Gasteiger partial charge in [0.25, 0.3) is 0 Å². The Labute approximate surface area is 176 Å². The minimum Gasteiger partial charge on any atom is -0.372 e. The molecule has 4 nitrogen and oxygen atoms in total. The number of hydrogen-bond acceptors (Lipinski definition) is 3. The van der Waals surface area contributed by atoms with E-state index >= 15 is 0 Å². The van der Waals surface area contributed by atoms with Crippen molar-refractivity contribution in [2.75, 3.05) is 49.1 Å². The van der Waals surface area contributed by atoms with E-state index in [1.807, 2.05) is 0 Å². The van der Waals surface area contributed by atoms with Crippen LogP contribution in [0.25, 0.3) is 0 Å². The minimum atomic E-state index is -0.0910. The predicted octanol–water partition coefficient (Wildman–Crippen LogP) is 4.60. The molecule has 1 amide bonds. The number of hydrogen-bond donors (Lipinski definition) is 0. The molecule has 0 N–H and O–H groups in total. The Morgan fingerprint density at radius 2 is 1.62 bits per heavy atom. The van der Waals surface area contributed by atoms with Gasteiger partial charge in [0.05, 0.1) is 5.41 Å². The summed E-state index contributed by atoms with van der Waals surface area (Å²) in [5, 5.41) is 0. The first-order valence-electron chi connectivity index (χ1n) is 12.0. The molecule has 1 aromatic carbocycles. The molecule has 1 aromatic rings. The first-order chi connectivity index (χ1) is 14.1. The van der Waals surface area contributed by atoms with Crippen LogP contribution < -0.4 is 9.80 Å². The van der Waals surface area contributed by atoms with Gasteiger partial charge in [-0.05, 0) is 94.6 Å². The van der Waals surface area contributed by atoms with Gasteiger partial charge in [-0.25, -0.2) is 0 Å². The Hall–Kier alpha value is -1.55. The first kappa shape index (κ1) is 19.4. The summed E-state index contributed by atoms with van der Waals surface area (Å²) < 4.78 is 0. The summed E-state index contributed by atoms with van der Waals surface area (Å²) >= 11 is 0. The second-order valence-corrected chi connectivity index (χ2v) is 10.1. The van der Waals surface area contributed by atoms with Crippen LogP contribution in [-0.2, 0) is 4.79 Å². The normalized spacial score (nSPS) is 25.6. The van der Waals surface area contributed by atoms with Crippen LogP contribution in [0.2, 0.25) is 0 Å². The van der Waals surface area contributed by atoms with Gasteiger partial charge >= 0.3 is 0 Å². The van der Waals surface area contributed by atoms with Gasteiger partial charge in [0.1, 0.15) is 0 Å². The Bertz CT molecular complexity index is 740. The van der Waals surface area contributed by atoms with Crippen LogP contribution in [0.1, 0.15) is 63.4 Å². The third-order valence-electron chi connectivity index (χ3n) is 8.26. The summed E-state index contributed by atoms with van der Waals surface area (Å²) in [5.74, 6) is 1.31. The zero-order valence-corrected chi connectivity index (χ0v) is 18.2. The fourth-order valence-corrected chi connectivity index (χ4v) is 6.35. The molecule has 0 bridgehead atoms. The molecule has 0 unspecified atom stereocenters. The second kappa shape index (κ2) is 7.94. The maximum Gasteiger partial charge on any atom is 0.233 e. The zero-order valence-electron chi connectivity index (χ0n) is 18.2. The van der Waals surface area contributed by atoms with Gasteiger partial charge in [0.2, 0.25) is 5.91 Å². The van der Waals surface area contributed by atoms with Crippen molar-refractivity contribution in [3.05, 3.63) is 23.8 Å². The van der Waals surface area contributed by atoms with Crippen LogP contribution in [0.4, 0.5) is 11.4 Å². The fraction of sp³-hybridized carbons (Fsp3) is 0.720. The number of rotatable bonds is 4. The third-order valence-corrected chi connectivity index (χ3v) is 8.26. The molecule has 1 saturated carbocycles. The van der Waals surface area contributed by atoms with Gasteiger partial charge in [-0.2, -0.15) is 0 Å². The molecule has 0 aromatic heterocycles. The lowest BCUT2D eigenvalue weighted by atomic mass is 9.77. The lowest BCUT2D eigenvalue weighted by Gasteiger charge is -2.39. The molecule has 1 spiro atoms. The first-order valence-corrected chi connectivity index (χ1v) is 12.0. The van der Waals surface area contributed by atoms with E-state index in [9.17, 15) is 4.79 Å². The molecular formula is C25H37N3O. The maximum atomic E-state index is 13.5. The van der Waals surface area contributed by atoms with Crippen LogP contribution in [0.3, 0.4) is 0 Å². The van der Waals surface area contributed by atoms with Crippen LogP contribution in [-0.4, -0.2) is 50.1 Å². The minimum absolute atomic E-state index is 0.0910. The third kappa shape index (κ3) is 3.69. The molecule has 3 heterocycles. The van der Waals surface area contributed by atoms with Gasteiger partial charge in [-0.3, -0.25) is 4.79 Å². The van der Waals surface area contributed by atoms with Crippen molar-refractivity contribution in [3.63, 3.8) is 0 Å². The number of piperidine rings is 1. The van der Waals surface area contributed by atoms with Gasteiger partial charge in [0, 0.05) is 37.6 Å². The Kier molecular flexibility index (Phi) is 5.32. The van der Waals surface area contributed by atoms with Crippen LogP contribution >= 0.6 is 0 Å². The van der Waals surface area contributed by atoms with Crippen molar-refractivity contribution in [3.8, 4) is 0 Å². The fourth-order valence-electron chi connectivity index (χ4n) is 6.35. The zero-order chi connectivity index (χ0) is 19.8. The lowest BCUT2D eigenvalue weighted by molar-refractivity contribution is -0.128. The van der Waals surface area contributed by atoms with Gasteiger partial charge in [0.15, 0.2) is 0 Å². The highest BCUT2D eigenvalue weighted by Crippen LogP contribution is 2.44. The summed E-state index contributed by atoms with van der Waals surface area (Å²) in [4.78, 5) is 20.8. The van der Waals surface area contributed by atoms with E-state index in [0.717, 1.165) is 50.5 Å². The number of amides is 1. The molecule has 4 heteroatoms. The van der Waals surface area contributed by atoms with E-state index in [1.165, 1.54) is 69.4 Å². The van der Waals surface area contributed by atoms with E-state index < -0.39 is 0 Å². The number of benzene rings is 1. The number of anilines is 2. The summed E-state index contributed by atoms with van der Waals surface area (Å²) in [6.07, 6.45) is 11.4. The van der Waals surface area contributed by atoms with E-state index in [4.69, 9.17) is 0 Å². The molecule has 5 rings (SSSR count). The smallest absolute Gasteiger partial charge is 0.233 e. The van der Waals surface area contributed by atoms with Crippen LogP contribution in [0.5, 0.6) is 0 Å². The molecule has 3 saturated heterocycles. The molecule has 3 aliphatic heterocycles. The molecule has 4 fully saturated rings. The van der Waals surface area contributed by atoms with Crippen molar-refractivity contribution in [1.29, 1.82) is 0 Å². The molecule has 158 valence electrons. The Morgan fingerprint density at radius 1 is 0.931 bits per heavy atom. The quantitative estimate of drug-likeness (QED) is 0.745. The van der Waals surface area contributed by atoms with Gasteiger partial charge < -0.3 is 14.7 Å². The topological polar surface area (TPSA) is 26.8 Å². The number of aryl methyl sites for hydroxylation is 1.